The Kier molecular flexibility index (Phi) is 3.76. The Labute approximate surface area is 92.4 Å². The fraction of sp³-hybridized carbons (Fsp3) is 1.00. The van der Waals surface area contributed by atoms with Gasteiger partial charge in [-0.05, 0) is 27.7 Å². The Morgan fingerprint density at radius 2 is 2.00 bits per heavy atom. The Morgan fingerprint density at radius 3 is 2.47 bits per heavy atom. The summed E-state index contributed by atoms with van der Waals surface area (Å²) in [5.74, 6) is 0. The molecule has 6 heteroatoms. The van der Waals surface area contributed by atoms with E-state index < -0.39 is 15.7 Å². The molecule has 1 aliphatic heterocycles. The van der Waals surface area contributed by atoms with Gasteiger partial charge < -0.3 is 5.32 Å². The lowest BCUT2D eigenvalue weighted by Gasteiger charge is -2.33. The third-order valence-electron chi connectivity index (χ3n) is 2.11. The highest BCUT2D eigenvalue weighted by Gasteiger charge is 2.29. The van der Waals surface area contributed by atoms with Crippen molar-refractivity contribution in [3.63, 3.8) is 0 Å². The van der Waals surface area contributed by atoms with Gasteiger partial charge in [0.25, 0.3) is 10.2 Å². The summed E-state index contributed by atoms with van der Waals surface area (Å²) >= 11 is 0. The zero-order valence-corrected chi connectivity index (χ0v) is 10.7. The van der Waals surface area contributed by atoms with E-state index in [1.54, 1.807) is 0 Å². The first-order valence-corrected chi connectivity index (χ1v) is 6.67. The summed E-state index contributed by atoms with van der Waals surface area (Å²) in [6.07, 6.45) is 0. The molecule has 90 valence electrons. The largest absolute Gasteiger partial charge is 0.312 e. The SMILES string of the molecule is C[C@@H]1CN(S(=O)(=O)NC(C)(C)C)CCN1. The Morgan fingerprint density at radius 1 is 1.40 bits per heavy atom. The second-order valence-electron chi connectivity index (χ2n) is 5.07. The smallest absolute Gasteiger partial charge is 0.280 e. The van der Waals surface area contributed by atoms with E-state index in [1.807, 2.05) is 27.7 Å². The molecule has 0 amide bonds. The lowest BCUT2D eigenvalue weighted by Crippen LogP contribution is -2.56. The molecule has 1 aliphatic rings. The number of piperazine rings is 1. The van der Waals surface area contributed by atoms with Gasteiger partial charge in [0, 0.05) is 31.2 Å². The summed E-state index contributed by atoms with van der Waals surface area (Å²) in [6.45, 7) is 9.30. The first-order chi connectivity index (χ1) is 6.71. The maximum atomic E-state index is 11.9. The van der Waals surface area contributed by atoms with Gasteiger partial charge in [-0.3, -0.25) is 0 Å². The molecule has 0 aromatic heterocycles. The van der Waals surface area contributed by atoms with Crippen molar-refractivity contribution in [2.45, 2.75) is 39.3 Å². The van der Waals surface area contributed by atoms with E-state index in [-0.39, 0.29) is 6.04 Å². The van der Waals surface area contributed by atoms with Crippen LogP contribution in [0.2, 0.25) is 0 Å². The van der Waals surface area contributed by atoms with Crippen LogP contribution >= 0.6 is 0 Å². The Bertz CT molecular complexity index is 308. The average Bonchev–Trinajstić information content (AvgIpc) is 1.99. The molecule has 5 nitrogen and oxygen atoms in total. The monoisotopic (exact) mass is 235 g/mol. The zero-order valence-electron chi connectivity index (χ0n) is 9.87. The van der Waals surface area contributed by atoms with Gasteiger partial charge in [-0.2, -0.15) is 17.4 Å². The van der Waals surface area contributed by atoms with Gasteiger partial charge >= 0.3 is 0 Å². The van der Waals surface area contributed by atoms with Gasteiger partial charge in [0.1, 0.15) is 0 Å². The molecule has 0 spiro atoms. The van der Waals surface area contributed by atoms with Crippen molar-refractivity contribution in [3.05, 3.63) is 0 Å². The van der Waals surface area contributed by atoms with Gasteiger partial charge in [-0.15, -0.1) is 0 Å². The zero-order chi connectivity index (χ0) is 11.7. The second-order valence-corrected chi connectivity index (χ2v) is 6.74. The maximum absolute atomic E-state index is 11.9. The normalized spacial score (nSPS) is 25.5. The summed E-state index contributed by atoms with van der Waals surface area (Å²) in [4.78, 5) is 0. The van der Waals surface area contributed by atoms with E-state index in [0.29, 0.717) is 19.6 Å². The standard InChI is InChI=1S/C9H21N3O2S/c1-8-7-12(6-5-10-8)15(13,14)11-9(2,3)4/h8,10-11H,5-7H2,1-4H3/t8-/m1/s1. The predicted molar refractivity (Wildman–Crippen MR) is 60.8 cm³/mol. The van der Waals surface area contributed by atoms with Crippen LogP contribution in [0.25, 0.3) is 0 Å². The third kappa shape index (κ3) is 4.06. The van der Waals surface area contributed by atoms with Gasteiger partial charge in [-0.25, -0.2) is 0 Å². The second kappa shape index (κ2) is 4.37. The van der Waals surface area contributed by atoms with Gasteiger partial charge in [-0.1, -0.05) is 0 Å². The highest BCUT2D eigenvalue weighted by atomic mass is 32.2. The minimum atomic E-state index is -3.33. The highest BCUT2D eigenvalue weighted by Crippen LogP contribution is 2.09. The molecule has 0 radical (unpaired) electrons. The Hall–Kier alpha value is -0.170. The number of hydrogen-bond acceptors (Lipinski definition) is 3. The average molecular weight is 235 g/mol. The van der Waals surface area contributed by atoms with Gasteiger partial charge in [0.2, 0.25) is 0 Å². The molecule has 1 atom stereocenters. The van der Waals surface area contributed by atoms with Crippen molar-refractivity contribution in [1.82, 2.24) is 14.3 Å². The van der Waals surface area contributed by atoms with Crippen LogP contribution in [0.3, 0.4) is 0 Å². The van der Waals surface area contributed by atoms with Crippen LogP contribution in [-0.2, 0) is 10.2 Å². The predicted octanol–water partition coefficient (Wildman–Crippen LogP) is -0.0870. The maximum Gasteiger partial charge on any atom is 0.280 e. The molecule has 1 rings (SSSR count). The summed E-state index contributed by atoms with van der Waals surface area (Å²) in [5.41, 5.74) is -0.424. The van der Waals surface area contributed by atoms with Gasteiger partial charge in [0.05, 0.1) is 0 Å². The molecule has 1 saturated heterocycles. The molecule has 2 N–H and O–H groups in total. The van der Waals surface area contributed by atoms with E-state index in [9.17, 15) is 8.42 Å². The van der Waals surface area contributed by atoms with E-state index in [1.165, 1.54) is 4.31 Å². The minimum absolute atomic E-state index is 0.218. The van der Waals surface area contributed by atoms with Crippen molar-refractivity contribution >= 4 is 10.2 Å². The van der Waals surface area contributed by atoms with Crippen LogP contribution < -0.4 is 10.0 Å². The molecule has 0 unspecified atom stereocenters. The van der Waals surface area contributed by atoms with E-state index in [4.69, 9.17) is 0 Å². The van der Waals surface area contributed by atoms with Crippen LogP contribution in [-0.4, -0.2) is 43.9 Å². The number of hydrogen-bond donors (Lipinski definition) is 2. The van der Waals surface area contributed by atoms with E-state index >= 15 is 0 Å². The quantitative estimate of drug-likeness (QED) is 0.703. The molecule has 1 heterocycles. The van der Waals surface area contributed by atoms with Crippen molar-refractivity contribution in [3.8, 4) is 0 Å². The number of rotatable bonds is 2. The lowest BCUT2D eigenvalue weighted by atomic mass is 10.1. The molecule has 0 aromatic carbocycles. The highest BCUT2D eigenvalue weighted by molar-refractivity contribution is 7.87. The molecule has 1 fully saturated rings. The van der Waals surface area contributed by atoms with Crippen molar-refractivity contribution in [2.24, 2.45) is 0 Å². The van der Waals surface area contributed by atoms with Crippen molar-refractivity contribution in [2.75, 3.05) is 19.6 Å². The lowest BCUT2D eigenvalue weighted by molar-refractivity contribution is 0.301. The third-order valence-corrected chi connectivity index (χ3v) is 3.99. The van der Waals surface area contributed by atoms with Crippen LogP contribution in [0.1, 0.15) is 27.7 Å². The van der Waals surface area contributed by atoms with Crippen LogP contribution in [0.4, 0.5) is 0 Å². The number of nitrogens with one attached hydrogen (secondary N) is 2. The molecular formula is C9H21N3O2S. The fourth-order valence-electron chi connectivity index (χ4n) is 1.57. The summed E-state index contributed by atoms with van der Waals surface area (Å²) in [5, 5.41) is 3.21. The van der Waals surface area contributed by atoms with Crippen molar-refractivity contribution < 1.29 is 8.42 Å². The fourth-order valence-corrected chi connectivity index (χ4v) is 3.22. The van der Waals surface area contributed by atoms with Crippen LogP contribution in [0, 0.1) is 0 Å². The van der Waals surface area contributed by atoms with Crippen LogP contribution in [0.5, 0.6) is 0 Å². The molecule has 15 heavy (non-hydrogen) atoms. The Balaban J connectivity index is 2.69. The molecule has 0 aliphatic carbocycles. The first kappa shape index (κ1) is 12.9. The first-order valence-electron chi connectivity index (χ1n) is 5.23. The molecular weight excluding hydrogens is 214 g/mol. The van der Waals surface area contributed by atoms with Crippen LogP contribution in [0.15, 0.2) is 0 Å². The molecule has 0 bridgehead atoms. The van der Waals surface area contributed by atoms with E-state index in [0.717, 1.165) is 0 Å². The summed E-state index contributed by atoms with van der Waals surface area (Å²) < 4.78 is 28.0. The summed E-state index contributed by atoms with van der Waals surface area (Å²) in [7, 11) is -3.33. The minimum Gasteiger partial charge on any atom is -0.312 e. The summed E-state index contributed by atoms with van der Waals surface area (Å²) in [6, 6.07) is 0.218. The molecule has 0 saturated carbocycles. The molecule has 0 aromatic rings. The topological polar surface area (TPSA) is 61.4 Å². The van der Waals surface area contributed by atoms with E-state index in [2.05, 4.69) is 10.0 Å². The van der Waals surface area contributed by atoms with Gasteiger partial charge in [0.15, 0.2) is 0 Å². The number of nitrogens with zero attached hydrogens (tertiary/aromatic N) is 1. The van der Waals surface area contributed by atoms with Crippen molar-refractivity contribution in [1.29, 1.82) is 0 Å².